The van der Waals surface area contributed by atoms with Gasteiger partial charge in [-0.1, -0.05) is 6.07 Å². The smallest absolute Gasteiger partial charge is 0.322 e. The van der Waals surface area contributed by atoms with Crippen LogP contribution in [0.1, 0.15) is 17.3 Å². The number of carbonyl (C=O) groups is 1. The molecular formula is C22H21F2N3O3. The van der Waals surface area contributed by atoms with Gasteiger partial charge in [0.2, 0.25) is 0 Å². The molecular weight excluding hydrogens is 392 g/mol. The second-order valence-electron chi connectivity index (χ2n) is 6.90. The number of hydrogen-bond donors (Lipinski definition) is 1. The molecule has 0 aliphatic carbocycles. The number of amides is 2. The van der Waals surface area contributed by atoms with E-state index in [4.69, 9.17) is 9.47 Å². The van der Waals surface area contributed by atoms with Gasteiger partial charge in [0.25, 0.3) is 0 Å². The van der Waals surface area contributed by atoms with Crippen LogP contribution in [-0.4, -0.2) is 36.3 Å². The van der Waals surface area contributed by atoms with Gasteiger partial charge in [0.05, 0.1) is 20.3 Å². The van der Waals surface area contributed by atoms with Crippen LogP contribution < -0.4 is 14.8 Å². The average Bonchev–Trinajstić information content (AvgIpc) is 3.23. The number of urea groups is 1. The summed E-state index contributed by atoms with van der Waals surface area (Å²) in [5.41, 5.74) is 1.85. The van der Waals surface area contributed by atoms with Crippen molar-refractivity contribution >= 4 is 11.7 Å². The van der Waals surface area contributed by atoms with E-state index in [1.807, 2.05) is 22.9 Å². The maximum absolute atomic E-state index is 13.9. The Labute approximate surface area is 172 Å². The molecule has 4 rings (SSSR count). The molecule has 0 saturated carbocycles. The van der Waals surface area contributed by atoms with Crippen molar-refractivity contribution in [1.82, 2.24) is 9.47 Å². The van der Waals surface area contributed by atoms with Crippen LogP contribution in [0.4, 0.5) is 19.3 Å². The number of methoxy groups -OCH3 is 2. The minimum atomic E-state index is -0.948. The summed E-state index contributed by atoms with van der Waals surface area (Å²) in [4.78, 5) is 14.8. The Kier molecular flexibility index (Phi) is 5.31. The lowest BCUT2D eigenvalue weighted by Gasteiger charge is -2.37. The molecule has 0 fully saturated rings. The lowest BCUT2D eigenvalue weighted by molar-refractivity contribution is 0.181. The van der Waals surface area contributed by atoms with Gasteiger partial charge in [0.1, 0.15) is 0 Å². The molecule has 1 aromatic heterocycles. The van der Waals surface area contributed by atoms with E-state index in [1.165, 1.54) is 20.3 Å². The van der Waals surface area contributed by atoms with Crippen molar-refractivity contribution in [2.75, 3.05) is 26.1 Å². The Bertz CT molecular complexity index is 1080. The van der Waals surface area contributed by atoms with Crippen LogP contribution in [0.2, 0.25) is 0 Å². The predicted molar refractivity (Wildman–Crippen MR) is 108 cm³/mol. The molecule has 0 unspecified atom stereocenters. The summed E-state index contributed by atoms with van der Waals surface area (Å²) >= 11 is 0. The molecule has 156 valence electrons. The zero-order chi connectivity index (χ0) is 21.3. The molecule has 0 radical (unpaired) electrons. The summed E-state index contributed by atoms with van der Waals surface area (Å²) in [5.74, 6) is -0.839. The van der Waals surface area contributed by atoms with E-state index >= 15 is 0 Å². The fourth-order valence-electron chi connectivity index (χ4n) is 3.74. The maximum atomic E-state index is 13.9. The highest BCUT2D eigenvalue weighted by atomic mass is 19.2. The van der Waals surface area contributed by atoms with Crippen LogP contribution in [0.25, 0.3) is 0 Å². The molecule has 1 atom stereocenters. The average molecular weight is 413 g/mol. The first-order chi connectivity index (χ1) is 14.5. The van der Waals surface area contributed by atoms with Crippen molar-refractivity contribution < 1.29 is 23.0 Å². The number of halogens is 2. The van der Waals surface area contributed by atoms with E-state index in [9.17, 15) is 13.6 Å². The van der Waals surface area contributed by atoms with Crippen LogP contribution >= 0.6 is 0 Å². The molecule has 1 aliphatic heterocycles. The van der Waals surface area contributed by atoms with Gasteiger partial charge >= 0.3 is 6.03 Å². The van der Waals surface area contributed by atoms with E-state index in [0.29, 0.717) is 35.8 Å². The Morgan fingerprint density at radius 3 is 2.53 bits per heavy atom. The zero-order valence-electron chi connectivity index (χ0n) is 16.6. The lowest BCUT2D eigenvalue weighted by Crippen LogP contribution is -2.44. The van der Waals surface area contributed by atoms with E-state index in [1.54, 1.807) is 23.1 Å². The first-order valence-corrected chi connectivity index (χ1v) is 9.41. The second-order valence-corrected chi connectivity index (χ2v) is 6.90. The normalized spacial score (nSPS) is 15.5. The summed E-state index contributed by atoms with van der Waals surface area (Å²) in [7, 11) is 3.05. The van der Waals surface area contributed by atoms with Gasteiger partial charge in [0.15, 0.2) is 23.1 Å². The third-order valence-corrected chi connectivity index (χ3v) is 5.19. The number of hydrogen-bond acceptors (Lipinski definition) is 3. The number of rotatable bonds is 4. The van der Waals surface area contributed by atoms with Gasteiger partial charge in [-0.2, -0.15) is 0 Å². The van der Waals surface area contributed by atoms with Gasteiger partial charge < -0.3 is 24.3 Å². The molecule has 0 bridgehead atoms. The molecule has 8 heteroatoms. The summed E-state index contributed by atoms with van der Waals surface area (Å²) < 4.78 is 39.9. The highest BCUT2D eigenvalue weighted by Gasteiger charge is 2.32. The van der Waals surface area contributed by atoms with Crippen molar-refractivity contribution in [3.05, 3.63) is 77.6 Å². The SMILES string of the molecule is COc1ccc(NC(=O)N2CCn3cccc3[C@@H]2c2ccc(F)c(F)c2)cc1OC. The number of nitrogens with one attached hydrogen (secondary N) is 1. The Morgan fingerprint density at radius 1 is 1.00 bits per heavy atom. The Balaban J connectivity index is 1.66. The number of ether oxygens (including phenoxy) is 2. The largest absolute Gasteiger partial charge is 0.493 e. The van der Waals surface area contributed by atoms with Crippen LogP contribution in [0.3, 0.4) is 0 Å². The second kappa shape index (κ2) is 8.06. The van der Waals surface area contributed by atoms with E-state index in [2.05, 4.69) is 5.32 Å². The highest BCUT2D eigenvalue weighted by molar-refractivity contribution is 5.90. The van der Waals surface area contributed by atoms with Crippen LogP contribution in [0.15, 0.2) is 54.7 Å². The fourth-order valence-corrected chi connectivity index (χ4v) is 3.74. The molecule has 1 aliphatic rings. The molecule has 0 spiro atoms. The van der Waals surface area contributed by atoms with Crippen LogP contribution in [0.5, 0.6) is 11.5 Å². The number of anilines is 1. The van der Waals surface area contributed by atoms with Gasteiger partial charge in [-0.25, -0.2) is 13.6 Å². The van der Waals surface area contributed by atoms with E-state index in [0.717, 1.165) is 17.8 Å². The van der Waals surface area contributed by atoms with Crippen molar-refractivity contribution in [2.24, 2.45) is 0 Å². The lowest BCUT2D eigenvalue weighted by atomic mass is 10.00. The summed E-state index contributed by atoms with van der Waals surface area (Å²) in [6.45, 7) is 1.01. The predicted octanol–water partition coefficient (Wildman–Crippen LogP) is 4.42. The first-order valence-electron chi connectivity index (χ1n) is 9.41. The summed E-state index contributed by atoms with van der Waals surface area (Å²) in [6.07, 6.45) is 1.91. The number of benzene rings is 2. The minimum Gasteiger partial charge on any atom is -0.493 e. The fraction of sp³-hybridized carbons (Fsp3) is 0.227. The number of carbonyl (C=O) groups excluding carboxylic acids is 1. The van der Waals surface area contributed by atoms with Gasteiger partial charge in [-0.05, 0) is 42.0 Å². The molecule has 2 amide bonds. The number of aromatic nitrogens is 1. The minimum absolute atomic E-state index is 0.357. The molecule has 3 aromatic rings. The quantitative estimate of drug-likeness (QED) is 0.689. The molecule has 6 nitrogen and oxygen atoms in total. The zero-order valence-corrected chi connectivity index (χ0v) is 16.6. The van der Waals surface area contributed by atoms with Gasteiger partial charge in [-0.15, -0.1) is 0 Å². The van der Waals surface area contributed by atoms with Crippen molar-refractivity contribution in [1.29, 1.82) is 0 Å². The highest BCUT2D eigenvalue weighted by Crippen LogP contribution is 2.34. The standard InChI is InChI=1S/C22H21F2N3O3/c1-29-19-8-6-15(13-20(19)30-2)25-22(28)27-11-10-26-9-3-4-18(26)21(27)14-5-7-16(23)17(24)12-14/h3-9,12-13,21H,10-11H2,1-2H3,(H,25,28)/t21-/m0/s1. The molecule has 30 heavy (non-hydrogen) atoms. The monoisotopic (exact) mass is 413 g/mol. The van der Waals surface area contributed by atoms with Crippen LogP contribution in [0, 0.1) is 11.6 Å². The molecule has 2 aromatic carbocycles. The third kappa shape index (κ3) is 3.56. The van der Waals surface area contributed by atoms with Crippen molar-refractivity contribution in [3.63, 3.8) is 0 Å². The summed E-state index contributed by atoms with van der Waals surface area (Å²) in [6, 6.07) is 11.6. The van der Waals surface area contributed by atoms with Crippen LogP contribution in [-0.2, 0) is 6.54 Å². The third-order valence-electron chi connectivity index (χ3n) is 5.19. The number of nitrogens with zero attached hydrogens (tertiary/aromatic N) is 2. The Morgan fingerprint density at radius 2 is 1.80 bits per heavy atom. The van der Waals surface area contributed by atoms with E-state index < -0.39 is 17.7 Å². The van der Waals surface area contributed by atoms with Crippen molar-refractivity contribution in [3.8, 4) is 11.5 Å². The Hall–Kier alpha value is -3.55. The molecule has 1 N–H and O–H groups in total. The first kappa shape index (κ1) is 19.8. The maximum Gasteiger partial charge on any atom is 0.322 e. The van der Waals surface area contributed by atoms with Crippen molar-refractivity contribution in [2.45, 2.75) is 12.6 Å². The summed E-state index contributed by atoms with van der Waals surface area (Å²) in [5, 5.41) is 2.86. The number of fused-ring (bicyclic) bond motifs is 1. The molecule has 0 saturated heterocycles. The topological polar surface area (TPSA) is 55.7 Å². The van der Waals surface area contributed by atoms with E-state index in [-0.39, 0.29) is 6.03 Å². The van der Waals surface area contributed by atoms with Gasteiger partial charge in [-0.3, -0.25) is 0 Å². The van der Waals surface area contributed by atoms with Gasteiger partial charge in [0, 0.05) is 36.7 Å². The molecule has 2 heterocycles.